The van der Waals surface area contributed by atoms with Crippen LogP contribution in [0.3, 0.4) is 0 Å². The predicted molar refractivity (Wildman–Crippen MR) is 64.0 cm³/mol. The first-order chi connectivity index (χ1) is 8.25. The number of anilines is 1. The maximum absolute atomic E-state index is 5.42. The molecule has 0 bridgehead atoms. The molecule has 3 rings (SSSR count). The molecule has 1 fully saturated rings. The number of aromatic nitrogens is 4. The third-order valence-corrected chi connectivity index (χ3v) is 3.11. The number of morpholine rings is 1. The molecule has 0 aliphatic carbocycles. The van der Waals surface area contributed by atoms with E-state index >= 15 is 0 Å². The van der Waals surface area contributed by atoms with Gasteiger partial charge in [-0.15, -0.1) is 0 Å². The first-order valence-corrected chi connectivity index (χ1v) is 5.78. The van der Waals surface area contributed by atoms with Crippen LogP contribution in [0.1, 0.15) is 12.6 Å². The molecular formula is C11H15N5O. The molecule has 2 aromatic heterocycles. The van der Waals surface area contributed by atoms with E-state index in [0.29, 0.717) is 6.04 Å². The molecule has 1 atom stereocenters. The number of nitrogens with zero attached hydrogens (tertiary/aromatic N) is 4. The predicted octanol–water partition coefficient (Wildman–Crippen LogP) is 0.886. The number of H-pyrrole nitrogens is 1. The standard InChI is InChI=1S/C11H15N5O/c1-7-6-17-4-3-16(7)11-13-8(2)9-5-12-15-10(9)14-11/h5,7H,3-4,6H2,1-2H3,(H,12,13,14,15). The van der Waals surface area contributed by atoms with Gasteiger partial charge < -0.3 is 9.64 Å². The average molecular weight is 233 g/mol. The number of hydrogen-bond donors (Lipinski definition) is 1. The summed E-state index contributed by atoms with van der Waals surface area (Å²) in [6.07, 6.45) is 1.76. The van der Waals surface area contributed by atoms with Crippen molar-refractivity contribution in [1.82, 2.24) is 20.2 Å². The molecule has 3 heterocycles. The molecule has 2 aromatic rings. The van der Waals surface area contributed by atoms with Gasteiger partial charge in [0.05, 0.1) is 36.5 Å². The van der Waals surface area contributed by atoms with Crippen LogP contribution in [-0.2, 0) is 4.74 Å². The molecule has 0 aromatic carbocycles. The Morgan fingerprint density at radius 2 is 2.35 bits per heavy atom. The first-order valence-electron chi connectivity index (χ1n) is 5.78. The van der Waals surface area contributed by atoms with Crippen molar-refractivity contribution in [3.05, 3.63) is 11.9 Å². The number of aryl methyl sites for hydroxylation is 1. The molecule has 0 radical (unpaired) electrons. The molecule has 17 heavy (non-hydrogen) atoms. The van der Waals surface area contributed by atoms with Crippen molar-refractivity contribution in [1.29, 1.82) is 0 Å². The van der Waals surface area contributed by atoms with E-state index in [9.17, 15) is 0 Å². The Hall–Kier alpha value is -1.69. The van der Waals surface area contributed by atoms with E-state index in [1.807, 2.05) is 6.92 Å². The van der Waals surface area contributed by atoms with Gasteiger partial charge in [0.15, 0.2) is 5.65 Å². The summed E-state index contributed by atoms with van der Waals surface area (Å²) >= 11 is 0. The SMILES string of the molecule is Cc1nc(N2CCOCC2C)nc2[nH]ncc12. The average Bonchev–Trinajstić information content (AvgIpc) is 2.78. The van der Waals surface area contributed by atoms with Crippen LogP contribution < -0.4 is 4.90 Å². The van der Waals surface area contributed by atoms with Gasteiger partial charge >= 0.3 is 0 Å². The van der Waals surface area contributed by atoms with E-state index in [2.05, 4.69) is 32.0 Å². The molecule has 0 spiro atoms. The van der Waals surface area contributed by atoms with Gasteiger partial charge in [-0.1, -0.05) is 0 Å². The summed E-state index contributed by atoms with van der Waals surface area (Å²) in [5.74, 6) is 0.759. The van der Waals surface area contributed by atoms with Crippen LogP contribution in [0.2, 0.25) is 0 Å². The Labute approximate surface area is 99.0 Å². The monoisotopic (exact) mass is 233 g/mol. The highest BCUT2D eigenvalue weighted by Gasteiger charge is 2.22. The maximum atomic E-state index is 5.42. The maximum Gasteiger partial charge on any atom is 0.228 e. The number of ether oxygens (including phenoxy) is 1. The summed E-state index contributed by atoms with van der Waals surface area (Å²) in [6, 6.07) is 0.309. The van der Waals surface area contributed by atoms with Crippen molar-refractivity contribution in [2.75, 3.05) is 24.7 Å². The minimum atomic E-state index is 0.309. The van der Waals surface area contributed by atoms with E-state index in [1.165, 1.54) is 0 Å². The quantitative estimate of drug-likeness (QED) is 0.792. The zero-order valence-corrected chi connectivity index (χ0v) is 9.97. The van der Waals surface area contributed by atoms with Crippen LogP contribution in [0.15, 0.2) is 6.20 Å². The molecule has 0 amide bonds. The number of fused-ring (bicyclic) bond motifs is 1. The fraction of sp³-hybridized carbons (Fsp3) is 0.545. The van der Waals surface area contributed by atoms with Crippen LogP contribution in [0.25, 0.3) is 11.0 Å². The van der Waals surface area contributed by atoms with Gasteiger partial charge in [0.25, 0.3) is 0 Å². The van der Waals surface area contributed by atoms with Crippen molar-refractivity contribution in [3.63, 3.8) is 0 Å². The Kier molecular flexibility index (Phi) is 2.44. The topological polar surface area (TPSA) is 66.9 Å². The Morgan fingerprint density at radius 3 is 3.18 bits per heavy atom. The van der Waals surface area contributed by atoms with Crippen LogP contribution in [0.5, 0.6) is 0 Å². The molecule has 1 unspecified atom stereocenters. The fourth-order valence-corrected chi connectivity index (χ4v) is 2.12. The van der Waals surface area contributed by atoms with E-state index in [1.54, 1.807) is 6.20 Å². The van der Waals surface area contributed by atoms with Crippen molar-refractivity contribution >= 4 is 17.0 Å². The summed E-state index contributed by atoms with van der Waals surface area (Å²) in [5, 5.41) is 7.87. The molecule has 1 saturated heterocycles. The van der Waals surface area contributed by atoms with Gasteiger partial charge in [-0.3, -0.25) is 5.10 Å². The van der Waals surface area contributed by atoms with Gasteiger partial charge in [0.1, 0.15) is 0 Å². The van der Waals surface area contributed by atoms with Crippen molar-refractivity contribution < 1.29 is 4.74 Å². The van der Waals surface area contributed by atoms with Crippen LogP contribution in [0.4, 0.5) is 5.95 Å². The molecule has 90 valence electrons. The lowest BCUT2D eigenvalue weighted by atomic mass is 10.2. The lowest BCUT2D eigenvalue weighted by Gasteiger charge is -2.33. The molecule has 6 nitrogen and oxygen atoms in total. The highest BCUT2D eigenvalue weighted by molar-refractivity contribution is 5.77. The molecular weight excluding hydrogens is 218 g/mol. The summed E-state index contributed by atoms with van der Waals surface area (Å²) in [6.45, 7) is 6.39. The summed E-state index contributed by atoms with van der Waals surface area (Å²) in [4.78, 5) is 11.2. The second-order valence-electron chi connectivity index (χ2n) is 4.36. The Balaban J connectivity index is 2.04. The van der Waals surface area contributed by atoms with Crippen LogP contribution >= 0.6 is 0 Å². The smallest absolute Gasteiger partial charge is 0.228 e. The van der Waals surface area contributed by atoms with Crippen LogP contribution in [0, 0.1) is 6.92 Å². The minimum Gasteiger partial charge on any atom is -0.377 e. The molecule has 1 aliphatic rings. The van der Waals surface area contributed by atoms with Crippen LogP contribution in [-0.4, -0.2) is 46.0 Å². The van der Waals surface area contributed by atoms with Crippen molar-refractivity contribution in [2.24, 2.45) is 0 Å². The van der Waals surface area contributed by atoms with E-state index in [4.69, 9.17) is 4.74 Å². The van der Waals surface area contributed by atoms with E-state index in [0.717, 1.165) is 42.4 Å². The third kappa shape index (κ3) is 1.74. The second-order valence-corrected chi connectivity index (χ2v) is 4.36. The minimum absolute atomic E-state index is 0.309. The summed E-state index contributed by atoms with van der Waals surface area (Å²) < 4.78 is 5.42. The second kappa shape index (κ2) is 3.96. The molecule has 0 saturated carbocycles. The highest BCUT2D eigenvalue weighted by Crippen LogP contribution is 2.19. The Morgan fingerprint density at radius 1 is 1.47 bits per heavy atom. The largest absolute Gasteiger partial charge is 0.377 e. The van der Waals surface area contributed by atoms with Gasteiger partial charge in [0.2, 0.25) is 5.95 Å². The van der Waals surface area contributed by atoms with Crippen molar-refractivity contribution in [2.45, 2.75) is 19.9 Å². The van der Waals surface area contributed by atoms with Gasteiger partial charge in [-0.2, -0.15) is 10.1 Å². The molecule has 1 N–H and O–H groups in total. The number of nitrogens with one attached hydrogen (secondary N) is 1. The number of rotatable bonds is 1. The Bertz CT molecular complexity index is 538. The normalized spacial score (nSPS) is 21.1. The fourth-order valence-electron chi connectivity index (χ4n) is 2.12. The van der Waals surface area contributed by atoms with Gasteiger partial charge in [-0.05, 0) is 13.8 Å². The zero-order valence-electron chi connectivity index (χ0n) is 9.97. The van der Waals surface area contributed by atoms with E-state index in [-0.39, 0.29) is 0 Å². The highest BCUT2D eigenvalue weighted by atomic mass is 16.5. The summed E-state index contributed by atoms with van der Waals surface area (Å²) in [5.41, 5.74) is 1.75. The summed E-state index contributed by atoms with van der Waals surface area (Å²) in [7, 11) is 0. The van der Waals surface area contributed by atoms with E-state index < -0.39 is 0 Å². The lowest BCUT2D eigenvalue weighted by Crippen LogP contribution is -2.44. The number of hydrogen-bond acceptors (Lipinski definition) is 5. The lowest BCUT2D eigenvalue weighted by molar-refractivity contribution is 0.0981. The first kappa shape index (κ1) is 10.5. The third-order valence-electron chi connectivity index (χ3n) is 3.11. The number of aromatic amines is 1. The van der Waals surface area contributed by atoms with Crippen molar-refractivity contribution in [3.8, 4) is 0 Å². The van der Waals surface area contributed by atoms with Gasteiger partial charge in [-0.25, -0.2) is 4.98 Å². The molecule has 1 aliphatic heterocycles. The zero-order chi connectivity index (χ0) is 11.8. The molecule has 6 heteroatoms. The van der Waals surface area contributed by atoms with Gasteiger partial charge in [0, 0.05) is 6.54 Å².